The summed E-state index contributed by atoms with van der Waals surface area (Å²) >= 11 is 1.86. The minimum absolute atomic E-state index is 0.163. The van der Waals surface area contributed by atoms with E-state index in [1.807, 2.05) is 34.9 Å². The van der Waals surface area contributed by atoms with Gasteiger partial charge < -0.3 is 9.80 Å². The fourth-order valence-electron chi connectivity index (χ4n) is 2.71. The molecular weight excluding hydrogens is 268 g/mol. The van der Waals surface area contributed by atoms with Gasteiger partial charge >= 0.3 is 0 Å². The first-order chi connectivity index (χ1) is 9.43. The molecule has 0 bridgehead atoms. The second kappa shape index (κ2) is 6.19. The number of carbonyl (C=O) groups excluding carboxylic acids is 1. The number of hydrogen-bond donors (Lipinski definition) is 0. The SMILES string of the molecule is CS[C@@H]1CN(C(=O)c2ccc(C)c(C)c2)C[C@@H]1N(C)C. The first-order valence-corrected chi connectivity index (χ1v) is 8.28. The van der Waals surface area contributed by atoms with Crippen molar-refractivity contribution in [3.63, 3.8) is 0 Å². The Balaban J connectivity index is 2.16. The van der Waals surface area contributed by atoms with Crippen LogP contribution in [0.15, 0.2) is 18.2 Å². The number of aryl methyl sites for hydroxylation is 2. The van der Waals surface area contributed by atoms with Crippen molar-refractivity contribution in [1.82, 2.24) is 9.80 Å². The van der Waals surface area contributed by atoms with E-state index in [1.165, 1.54) is 11.1 Å². The molecule has 1 saturated heterocycles. The van der Waals surface area contributed by atoms with Gasteiger partial charge in [0.1, 0.15) is 0 Å². The van der Waals surface area contributed by atoms with Gasteiger partial charge in [0.25, 0.3) is 5.91 Å². The van der Waals surface area contributed by atoms with Crippen LogP contribution in [0.3, 0.4) is 0 Å². The molecule has 2 rings (SSSR count). The van der Waals surface area contributed by atoms with E-state index in [2.05, 4.69) is 39.1 Å². The number of hydrogen-bond acceptors (Lipinski definition) is 3. The molecule has 1 fully saturated rings. The highest BCUT2D eigenvalue weighted by Gasteiger charge is 2.36. The number of rotatable bonds is 3. The summed E-state index contributed by atoms with van der Waals surface area (Å²) in [7, 11) is 4.19. The monoisotopic (exact) mass is 292 g/mol. The zero-order chi connectivity index (χ0) is 14.9. The van der Waals surface area contributed by atoms with Crippen molar-refractivity contribution in [2.45, 2.75) is 25.1 Å². The van der Waals surface area contributed by atoms with Gasteiger partial charge in [-0.1, -0.05) is 6.07 Å². The van der Waals surface area contributed by atoms with Crippen molar-refractivity contribution in [2.75, 3.05) is 33.4 Å². The summed E-state index contributed by atoms with van der Waals surface area (Å²) in [4.78, 5) is 16.9. The van der Waals surface area contributed by atoms with E-state index in [0.717, 1.165) is 18.7 Å². The van der Waals surface area contributed by atoms with Gasteiger partial charge in [-0.25, -0.2) is 0 Å². The van der Waals surface area contributed by atoms with Crippen LogP contribution in [0.5, 0.6) is 0 Å². The van der Waals surface area contributed by atoms with E-state index in [9.17, 15) is 4.79 Å². The van der Waals surface area contributed by atoms with E-state index in [-0.39, 0.29) is 5.91 Å². The van der Waals surface area contributed by atoms with Crippen molar-refractivity contribution in [3.8, 4) is 0 Å². The first kappa shape index (κ1) is 15.4. The maximum absolute atomic E-state index is 12.6. The molecule has 1 aliphatic heterocycles. The van der Waals surface area contributed by atoms with E-state index >= 15 is 0 Å². The second-order valence-electron chi connectivity index (χ2n) is 5.81. The molecule has 0 aliphatic carbocycles. The van der Waals surface area contributed by atoms with Crippen LogP contribution in [0.1, 0.15) is 21.5 Å². The highest BCUT2D eigenvalue weighted by molar-refractivity contribution is 7.99. The largest absolute Gasteiger partial charge is 0.336 e. The molecule has 1 aromatic rings. The Kier molecular flexibility index (Phi) is 4.76. The highest BCUT2D eigenvalue weighted by Crippen LogP contribution is 2.25. The molecule has 0 aromatic heterocycles. The smallest absolute Gasteiger partial charge is 0.253 e. The number of nitrogens with zero attached hydrogens (tertiary/aromatic N) is 2. The Morgan fingerprint density at radius 2 is 1.95 bits per heavy atom. The molecule has 4 heteroatoms. The lowest BCUT2D eigenvalue weighted by Crippen LogP contribution is -2.37. The van der Waals surface area contributed by atoms with E-state index in [0.29, 0.717) is 11.3 Å². The van der Waals surface area contributed by atoms with Crippen LogP contribution < -0.4 is 0 Å². The molecule has 3 nitrogen and oxygen atoms in total. The second-order valence-corrected chi connectivity index (χ2v) is 6.89. The molecular formula is C16H24N2OS. The molecule has 0 radical (unpaired) electrons. The lowest BCUT2D eigenvalue weighted by atomic mass is 10.1. The molecule has 0 spiro atoms. The Morgan fingerprint density at radius 1 is 1.25 bits per heavy atom. The molecule has 2 atom stereocenters. The highest BCUT2D eigenvalue weighted by atomic mass is 32.2. The number of carbonyl (C=O) groups is 1. The van der Waals surface area contributed by atoms with Gasteiger partial charge in [-0.3, -0.25) is 4.79 Å². The Morgan fingerprint density at radius 3 is 2.45 bits per heavy atom. The Labute approximate surface area is 126 Å². The molecule has 0 N–H and O–H groups in total. The fourth-order valence-corrected chi connectivity index (χ4v) is 3.68. The molecule has 20 heavy (non-hydrogen) atoms. The fraction of sp³-hybridized carbons (Fsp3) is 0.562. The summed E-state index contributed by atoms with van der Waals surface area (Å²) in [5, 5.41) is 0.500. The number of likely N-dealkylation sites (N-methyl/N-ethyl adjacent to an activating group) is 1. The number of benzene rings is 1. The molecule has 1 aromatic carbocycles. The van der Waals surface area contributed by atoms with Gasteiger partial charge in [0.05, 0.1) is 0 Å². The zero-order valence-electron chi connectivity index (χ0n) is 13.0. The maximum Gasteiger partial charge on any atom is 0.253 e. The van der Waals surface area contributed by atoms with Gasteiger partial charge in [0.15, 0.2) is 0 Å². The Hall–Kier alpha value is -1.00. The minimum atomic E-state index is 0.163. The number of amides is 1. The van der Waals surface area contributed by atoms with E-state index < -0.39 is 0 Å². The number of thioether (sulfide) groups is 1. The summed E-state index contributed by atoms with van der Waals surface area (Å²) in [6.45, 7) is 5.80. The quantitative estimate of drug-likeness (QED) is 0.855. The van der Waals surface area contributed by atoms with Crippen LogP contribution >= 0.6 is 11.8 Å². The van der Waals surface area contributed by atoms with Crippen molar-refractivity contribution in [1.29, 1.82) is 0 Å². The van der Waals surface area contributed by atoms with Crippen molar-refractivity contribution in [3.05, 3.63) is 34.9 Å². The van der Waals surface area contributed by atoms with Crippen molar-refractivity contribution < 1.29 is 4.79 Å². The van der Waals surface area contributed by atoms with Gasteiger partial charge in [-0.05, 0) is 57.5 Å². The van der Waals surface area contributed by atoms with Crippen LogP contribution in [0.2, 0.25) is 0 Å². The third kappa shape index (κ3) is 3.01. The molecule has 1 heterocycles. The zero-order valence-corrected chi connectivity index (χ0v) is 13.8. The van der Waals surface area contributed by atoms with E-state index in [1.54, 1.807) is 0 Å². The molecule has 0 saturated carbocycles. The van der Waals surface area contributed by atoms with Crippen molar-refractivity contribution in [2.24, 2.45) is 0 Å². The maximum atomic E-state index is 12.6. The average Bonchev–Trinajstić information content (AvgIpc) is 2.85. The summed E-state index contributed by atoms with van der Waals surface area (Å²) in [5.74, 6) is 0.163. The lowest BCUT2D eigenvalue weighted by molar-refractivity contribution is 0.0783. The van der Waals surface area contributed by atoms with Gasteiger partial charge in [-0.15, -0.1) is 0 Å². The van der Waals surface area contributed by atoms with Gasteiger partial charge in [0, 0.05) is 29.9 Å². The van der Waals surface area contributed by atoms with Crippen LogP contribution in [-0.2, 0) is 0 Å². The standard InChI is InChI=1S/C16H24N2OS/c1-11-6-7-13(8-12(11)2)16(19)18-9-14(17(3)4)15(10-18)20-5/h6-8,14-15H,9-10H2,1-5H3/t14-,15+/m0/s1. The Bertz CT molecular complexity index is 501. The summed E-state index contributed by atoms with van der Waals surface area (Å²) < 4.78 is 0. The predicted octanol–water partition coefficient (Wildman–Crippen LogP) is 2.42. The number of likely N-dealkylation sites (tertiary alicyclic amines) is 1. The van der Waals surface area contributed by atoms with Gasteiger partial charge in [-0.2, -0.15) is 11.8 Å². The molecule has 0 unspecified atom stereocenters. The predicted molar refractivity (Wildman–Crippen MR) is 86.6 cm³/mol. The topological polar surface area (TPSA) is 23.6 Å². The minimum Gasteiger partial charge on any atom is -0.336 e. The third-order valence-corrected chi connectivity index (χ3v) is 5.31. The first-order valence-electron chi connectivity index (χ1n) is 6.99. The van der Waals surface area contributed by atoms with Crippen LogP contribution in [0, 0.1) is 13.8 Å². The summed E-state index contributed by atoms with van der Waals surface area (Å²) in [6, 6.07) is 6.44. The van der Waals surface area contributed by atoms with E-state index in [4.69, 9.17) is 0 Å². The summed E-state index contributed by atoms with van der Waals surface area (Å²) in [6.07, 6.45) is 2.13. The molecule has 110 valence electrons. The van der Waals surface area contributed by atoms with Crippen LogP contribution in [0.25, 0.3) is 0 Å². The third-order valence-electron chi connectivity index (χ3n) is 4.24. The normalized spacial score (nSPS) is 22.6. The molecule has 1 aliphatic rings. The lowest BCUT2D eigenvalue weighted by Gasteiger charge is -2.23. The van der Waals surface area contributed by atoms with Crippen molar-refractivity contribution >= 4 is 17.7 Å². The summed E-state index contributed by atoms with van der Waals surface area (Å²) in [5.41, 5.74) is 3.23. The average molecular weight is 292 g/mol. The van der Waals surface area contributed by atoms with Crippen LogP contribution in [-0.4, -0.2) is 60.4 Å². The molecule has 1 amide bonds. The van der Waals surface area contributed by atoms with Gasteiger partial charge in [0.2, 0.25) is 0 Å². The van der Waals surface area contributed by atoms with Crippen LogP contribution in [0.4, 0.5) is 0 Å².